The van der Waals surface area contributed by atoms with Crippen LogP contribution in [0.4, 0.5) is 8.78 Å². The van der Waals surface area contributed by atoms with Crippen molar-refractivity contribution in [1.82, 2.24) is 24.3 Å². The first-order valence-corrected chi connectivity index (χ1v) is 10.1. The SMILES string of the molecule is Cc1cccc(CN2CCC[C@]3(CN(C(=O)c4nccn4C)CC(F)(F)C3)C2=O)n1. The molecule has 2 aliphatic heterocycles. The fourth-order valence-electron chi connectivity index (χ4n) is 4.66. The molecule has 4 rings (SSSR count). The van der Waals surface area contributed by atoms with Gasteiger partial charge in [-0.3, -0.25) is 14.6 Å². The van der Waals surface area contributed by atoms with Crippen LogP contribution in [0.3, 0.4) is 0 Å². The van der Waals surface area contributed by atoms with Crippen molar-refractivity contribution in [2.24, 2.45) is 12.5 Å². The van der Waals surface area contributed by atoms with Crippen LogP contribution in [0, 0.1) is 12.3 Å². The van der Waals surface area contributed by atoms with Gasteiger partial charge in [0.25, 0.3) is 11.8 Å². The number of piperidine rings is 2. The number of imidazole rings is 1. The van der Waals surface area contributed by atoms with E-state index < -0.39 is 30.2 Å². The molecule has 2 fully saturated rings. The first kappa shape index (κ1) is 20.4. The van der Waals surface area contributed by atoms with Crippen LogP contribution in [0.15, 0.2) is 30.6 Å². The summed E-state index contributed by atoms with van der Waals surface area (Å²) in [6.45, 7) is 1.92. The Morgan fingerprint density at radius 2 is 2.07 bits per heavy atom. The highest BCUT2D eigenvalue weighted by molar-refractivity contribution is 5.92. The minimum absolute atomic E-state index is 0.0230. The number of nitrogens with zero attached hydrogens (tertiary/aromatic N) is 5. The number of hydrogen-bond donors (Lipinski definition) is 0. The summed E-state index contributed by atoms with van der Waals surface area (Å²) in [5, 5.41) is 0. The number of carbonyl (C=O) groups excluding carboxylic acids is 2. The number of hydrogen-bond acceptors (Lipinski definition) is 4. The molecule has 0 aromatic carbocycles. The lowest BCUT2D eigenvalue weighted by molar-refractivity contribution is -0.166. The van der Waals surface area contributed by atoms with Crippen molar-refractivity contribution in [3.63, 3.8) is 0 Å². The first-order chi connectivity index (χ1) is 14.2. The van der Waals surface area contributed by atoms with Crippen LogP contribution in [-0.4, -0.2) is 61.7 Å². The maximum atomic E-state index is 14.8. The van der Waals surface area contributed by atoms with Crippen LogP contribution >= 0.6 is 0 Å². The normalized spacial score (nSPS) is 23.8. The Morgan fingerprint density at radius 1 is 1.27 bits per heavy atom. The van der Waals surface area contributed by atoms with E-state index in [0.29, 0.717) is 19.4 Å². The molecule has 0 saturated carbocycles. The molecule has 0 N–H and O–H groups in total. The lowest BCUT2D eigenvalue weighted by Crippen LogP contribution is -2.62. The van der Waals surface area contributed by atoms with Crippen LogP contribution in [0.25, 0.3) is 0 Å². The van der Waals surface area contributed by atoms with Crippen molar-refractivity contribution in [3.8, 4) is 0 Å². The zero-order valence-electron chi connectivity index (χ0n) is 17.1. The summed E-state index contributed by atoms with van der Waals surface area (Å²) >= 11 is 0. The summed E-state index contributed by atoms with van der Waals surface area (Å²) in [6.07, 6.45) is 3.45. The summed E-state index contributed by atoms with van der Waals surface area (Å²) in [5.74, 6) is -3.95. The molecule has 4 heterocycles. The van der Waals surface area contributed by atoms with Gasteiger partial charge < -0.3 is 14.4 Å². The van der Waals surface area contributed by atoms with Crippen LogP contribution in [0.5, 0.6) is 0 Å². The van der Waals surface area contributed by atoms with Gasteiger partial charge in [-0.1, -0.05) is 6.07 Å². The maximum Gasteiger partial charge on any atom is 0.290 e. The second-order valence-electron chi connectivity index (χ2n) is 8.44. The van der Waals surface area contributed by atoms with Crippen molar-refractivity contribution in [2.45, 2.75) is 38.7 Å². The molecule has 9 heteroatoms. The minimum atomic E-state index is -3.14. The molecule has 0 bridgehead atoms. The van der Waals surface area contributed by atoms with E-state index in [-0.39, 0.29) is 24.8 Å². The molecule has 0 aliphatic carbocycles. The fourth-order valence-corrected chi connectivity index (χ4v) is 4.66. The van der Waals surface area contributed by atoms with Gasteiger partial charge in [-0.25, -0.2) is 13.8 Å². The predicted octanol–water partition coefficient (Wildman–Crippen LogP) is 2.41. The lowest BCUT2D eigenvalue weighted by Gasteiger charge is -2.49. The average molecular weight is 417 g/mol. The Bertz CT molecular complexity index is 976. The zero-order chi connectivity index (χ0) is 21.5. The Balaban J connectivity index is 1.60. The van der Waals surface area contributed by atoms with Gasteiger partial charge >= 0.3 is 0 Å². The van der Waals surface area contributed by atoms with Gasteiger partial charge in [0.05, 0.1) is 24.2 Å². The smallest absolute Gasteiger partial charge is 0.290 e. The van der Waals surface area contributed by atoms with E-state index in [0.717, 1.165) is 16.3 Å². The maximum absolute atomic E-state index is 14.8. The van der Waals surface area contributed by atoms with Crippen LogP contribution in [0.1, 0.15) is 41.3 Å². The first-order valence-electron chi connectivity index (χ1n) is 10.1. The fraction of sp³-hybridized carbons (Fsp3) is 0.524. The van der Waals surface area contributed by atoms with Gasteiger partial charge in [0, 0.05) is 44.6 Å². The third kappa shape index (κ3) is 3.80. The predicted molar refractivity (Wildman–Crippen MR) is 105 cm³/mol. The molecule has 2 amide bonds. The molecule has 30 heavy (non-hydrogen) atoms. The van der Waals surface area contributed by atoms with Gasteiger partial charge in [-0.05, 0) is 31.9 Å². The highest BCUT2D eigenvalue weighted by Gasteiger charge is 2.56. The molecule has 0 radical (unpaired) electrons. The standard InChI is InChI=1S/C21H25F2N5O2/c1-15-5-3-6-16(25-15)11-27-9-4-7-20(19(27)30)12-21(22,23)14-28(13-20)18(29)17-24-8-10-26(17)2/h3,5-6,8,10H,4,7,9,11-14H2,1-2H3/t20-/m0/s1. The number of aromatic nitrogens is 3. The van der Waals surface area contributed by atoms with Crippen LogP contribution < -0.4 is 0 Å². The van der Waals surface area contributed by atoms with Crippen LogP contribution in [0.2, 0.25) is 0 Å². The molecule has 7 nitrogen and oxygen atoms in total. The molecule has 1 atom stereocenters. The molecule has 2 aliphatic rings. The van der Waals surface area contributed by atoms with E-state index in [2.05, 4.69) is 9.97 Å². The molecule has 0 unspecified atom stereocenters. The van der Waals surface area contributed by atoms with E-state index >= 15 is 0 Å². The number of pyridine rings is 1. The number of carbonyl (C=O) groups is 2. The zero-order valence-corrected chi connectivity index (χ0v) is 17.1. The summed E-state index contributed by atoms with van der Waals surface area (Å²) in [4.78, 5) is 37.4. The Labute approximate surface area is 173 Å². The van der Waals surface area contributed by atoms with Gasteiger partial charge in [0.2, 0.25) is 5.91 Å². The molecular weight excluding hydrogens is 392 g/mol. The second-order valence-corrected chi connectivity index (χ2v) is 8.44. The van der Waals surface area contributed by atoms with E-state index in [9.17, 15) is 18.4 Å². The molecular formula is C21H25F2N5O2. The largest absolute Gasteiger partial charge is 0.336 e. The highest BCUT2D eigenvalue weighted by Crippen LogP contribution is 2.45. The molecule has 2 aromatic heterocycles. The Morgan fingerprint density at radius 3 is 2.77 bits per heavy atom. The van der Waals surface area contributed by atoms with Crippen molar-refractivity contribution < 1.29 is 18.4 Å². The van der Waals surface area contributed by atoms with Gasteiger partial charge in [0.15, 0.2) is 5.82 Å². The quantitative estimate of drug-likeness (QED) is 0.769. The summed E-state index contributed by atoms with van der Waals surface area (Å²) < 4.78 is 31.0. The molecule has 2 aromatic rings. The van der Waals surface area contributed by atoms with Gasteiger partial charge in [0.1, 0.15) is 0 Å². The Kier molecular flexibility index (Phi) is 5.07. The lowest BCUT2D eigenvalue weighted by atomic mass is 9.71. The van der Waals surface area contributed by atoms with E-state index in [1.807, 2.05) is 25.1 Å². The molecule has 160 valence electrons. The highest BCUT2D eigenvalue weighted by atomic mass is 19.3. The van der Waals surface area contributed by atoms with Gasteiger partial charge in [-0.2, -0.15) is 0 Å². The van der Waals surface area contributed by atoms with Crippen LogP contribution in [-0.2, 0) is 18.4 Å². The van der Waals surface area contributed by atoms with E-state index in [1.165, 1.54) is 10.8 Å². The monoisotopic (exact) mass is 417 g/mol. The van der Waals surface area contributed by atoms with Crippen molar-refractivity contribution in [1.29, 1.82) is 0 Å². The number of alkyl halides is 2. The number of rotatable bonds is 3. The third-order valence-electron chi connectivity index (χ3n) is 5.94. The topological polar surface area (TPSA) is 71.3 Å². The van der Waals surface area contributed by atoms with Crippen molar-refractivity contribution >= 4 is 11.8 Å². The summed E-state index contributed by atoms with van der Waals surface area (Å²) in [6, 6.07) is 5.56. The Hall–Kier alpha value is -2.84. The molecule has 2 saturated heterocycles. The van der Waals surface area contributed by atoms with Crippen molar-refractivity contribution in [2.75, 3.05) is 19.6 Å². The second kappa shape index (κ2) is 7.45. The average Bonchev–Trinajstić information content (AvgIpc) is 3.10. The van der Waals surface area contributed by atoms with Gasteiger partial charge in [-0.15, -0.1) is 0 Å². The number of aryl methyl sites for hydroxylation is 2. The van der Waals surface area contributed by atoms with E-state index in [4.69, 9.17) is 0 Å². The summed E-state index contributed by atoms with van der Waals surface area (Å²) in [5.41, 5.74) is 0.275. The minimum Gasteiger partial charge on any atom is -0.336 e. The number of halogens is 2. The van der Waals surface area contributed by atoms with E-state index in [1.54, 1.807) is 18.1 Å². The number of amides is 2. The summed E-state index contributed by atoms with van der Waals surface area (Å²) in [7, 11) is 1.64. The molecule has 1 spiro atoms. The van der Waals surface area contributed by atoms with Crippen molar-refractivity contribution in [3.05, 3.63) is 47.8 Å². The number of likely N-dealkylation sites (tertiary alicyclic amines) is 2. The third-order valence-corrected chi connectivity index (χ3v) is 5.94.